The number of aliphatic hydroxyl groups is 1. The first-order valence-corrected chi connectivity index (χ1v) is 11.3. The third-order valence-corrected chi connectivity index (χ3v) is 5.82. The predicted molar refractivity (Wildman–Crippen MR) is 130 cm³/mol. The van der Waals surface area contributed by atoms with Crippen LogP contribution in [0.2, 0.25) is 0 Å². The Morgan fingerprint density at radius 3 is 2.50 bits per heavy atom. The van der Waals surface area contributed by atoms with Crippen LogP contribution in [0.5, 0.6) is 5.75 Å². The first-order chi connectivity index (χ1) is 16.2. The first kappa shape index (κ1) is 25.5. The molecule has 1 aliphatic heterocycles. The minimum Gasteiger partial charge on any atom is -0.488 e. The summed E-state index contributed by atoms with van der Waals surface area (Å²) in [4.78, 5) is 29.3. The van der Waals surface area contributed by atoms with Crippen LogP contribution in [0.4, 0.5) is 20.6 Å². The SMILES string of the molecule is C[C@@H]1CN([C@H](C)CO)C(=O)Cc2cc(NC(=O)Nc3ccc(F)cc3)ccc2O[C@H]1CN(C)C. The number of hydrogen-bond donors (Lipinski definition) is 3. The number of ether oxygens (including phenoxy) is 1. The molecule has 3 rings (SSSR count). The second-order valence-corrected chi connectivity index (χ2v) is 9.06. The highest BCUT2D eigenvalue weighted by Crippen LogP contribution is 2.29. The fourth-order valence-corrected chi connectivity index (χ4v) is 3.91. The van der Waals surface area contributed by atoms with Crippen molar-refractivity contribution in [1.82, 2.24) is 9.80 Å². The summed E-state index contributed by atoms with van der Waals surface area (Å²) in [5.41, 5.74) is 1.60. The van der Waals surface area contributed by atoms with Crippen molar-refractivity contribution < 1.29 is 23.8 Å². The lowest BCUT2D eigenvalue weighted by Gasteiger charge is -2.33. The number of amides is 3. The van der Waals surface area contributed by atoms with E-state index < -0.39 is 6.03 Å². The number of hydrogen-bond acceptors (Lipinski definition) is 5. The van der Waals surface area contributed by atoms with Gasteiger partial charge < -0.3 is 30.3 Å². The summed E-state index contributed by atoms with van der Waals surface area (Å²) < 4.78 is 19.5. The van der Waals surface area contributed by atoms with Crippen LogP contribution in [0.3, 0.4) is 0 Å². The molecule has 184 valence electrons. The Morgan fingerprint density at radius 2 is 1.85 bits per heavy atom. The van der Waals surface area contributed by atoms with Crippen molar-refractivity contribution in [1.29, 1.82) is 0 Å². The zero-order chi connectivity index (χ0) is 24.8. The summed E-state index contributed by atoms with van der Waals surface area (Å²) in [5.74, 6) is 0.122. The maximum Gasteiger partial charge on any atom is 0.323 e. The Kier molecular flexibility index (Phi) is 8.46. The maximum absolute atomic E-state index is 13.2. The Hall–Kier alpha value is -3.17. The predicted octanol–water partition coefficient (Wildman–Crippen LogP) is 3.18. The number of halogens is 1. The second-order valence-electron chi connectivity index (χ2n) is 9.06. The van der Waals surface area contributed by atoms with Crippen LogP contribution in [0, 0.1) is 11.7 Å². The van der Waals surface area contributed by atoms with Crippen molar-refractivity contribution in [2.45, 2.75) is 32.4 Å². The van der Waals surface area contributed by atoms with Crippen molar-refractivity contribution in [3.8, 4) is 5.75 Å². The van der Waals surface area contributed by atoms with Crippen LogP contribution in [0.15, 0.2) is 42.5 Å². The van der Waals surface area contributed by atoms with Gasteiger partial charge in [0.25, 0.3) is 0 Å². The average molecular weight is 473 g/mol. The standard InChI is InChI=1S/C25H33FN4O4/c1-16-13-30(17(2)15-31)24(32)12-18-11-21(9-10-22(18)34-23(16)14-29(3)4)28-25(33)27-20-7-5-19(26)6-8-20/h5-11,16-17,23,31H,12-15H2,1-4H3,(H2,27,28,33)/t16-,17-,23+/m1/s1. The number of carbonyl (C=O) groups excluding carboxylic acids is 2. The van der Waals surface area contributed by atoms with Crippen LogP contribution >= 0.6 is 0 Å². The Morgan fingerprint density at radius 1 is 1.21 bits per heavy atom. The van der Waals surface area contributed by atoms with E-state index in [9.17, 15) is 19.1 Å². The molecule has 34 heavy (non-hydrogen) atoms. The van der Waals surface area contributed by atoms with E-state index in [0.717, 1.165) is 0 Å². The van der Waals surface area contributed by atoms with Crippen LogP contribution in [0.25, 0.3) is 0 Å². The molecule has 9 heteroatoms. The Bertz CT molecular complexity index is 999. The zero-order valence-corrected chi connectivity index (χ0v) is 20.0. The number of anilines is 2. The molecule has 2 aromatic rings. The minimum absolute atomic E-state index is 0.0330. The molecule has 1 aliphatic rings. The van der Waals surface area contributed by atoms with E-state index in [1.807, 2.05) is 32.8 Å². The van der Waals surface area contributed by atoms with Gasteiger partial charge in [-0.1, -0.05) is 6.92 Å². The summed E-state index contributed by atoms with van der Waals surface area (Å²) >= 11 is 0. The molecule has 0 aromatic heterocycles. The van der Waals surface area contributed by atoms with Gasteiger partial charge in [0.05, 0.1) is 19.1 Å². The molecule has 0 fully saturated rings. The third-order valence-electron chi connectivity index (χ3n) is 5.82. The van der Waals surface area contributed by atoms with E-state index in [1.54, 1.807) is 23.1 Å². The van der Waals surface area contributed by atoms with Crippen molar-refractivity contribution in [2.75, 3.05) is 44.4 Å². The Balaban J connectivity index is 1.85. The molecule has 0 bridgehead atoms. The topological polar surface area (TPSA) is 94.1 Å². The van der Waals surface area contributed by atoms with E-state index >= 15 is 0 Å². The molecule has 8 nitrogen and oxygen atoms in total. The van der Waals surface area contributed by atoms with Gasteiger partial charge >= 0.3 is 6.03 Å². The summed E-state index contributed by atoms with van der Waals surface area (Å²) in [6, 6.07) is 9.85. The number of nitrogens with zero attached hydrogens (tertiary/aromatic N) is 2. The number of benzene rings is 2. The molecule has 3 N–H and O–H groups in total. The summed E-state index contributed by atoms with van der Waals surface area (Å²) in [7, 11) is 3.94. The highest BCUT2D eigenvalue weighted by Gasteiger charge is 2.30. The monoisotopic (exact) mass is 472 g/mol. The van der Waals surface area contributed by atoms with Crippen LogP contribution in [0.1, 0.15) is 19.4 Å². The van der Waals surface area contributed by atoms with Gasteiger partial charge in [-0.2, -0.15) is 0 Å². The van der Waals surface area contributed by atoms with E-state index in [2.05, 4.69) is 10.6 Å². The second kappa shape index (κ2) is 11.3. The van der Waals surface area contributed by atoms with Gasteiger partial charge in [0.2, 0.25) is 5.91 Å². The molecule has 1 heterocycles. The lowest BCUT2D eigenvalue weighted by molar-refractivity contribution is -0.134. The minimum atomic E-state index is -0.489. The third kappa shape index (κ3) is 6.68. The number of nitrogens with one attached hydrogen (secondary N) is 2. The van der Waals surface area contributed by atoms with E-state index in [0.29, 0.717) is 35.8 Å². The molecule has 0 spiro atoms. The van der Waals surface area contributed by atoms with Gasteiger partial charge in [0.1, 0.15) is 17.7 Å². The largest absolute Gasteiger partial charge is 0.488 e. The number of fused-ring (bicyclic) bond motifs is 1. The average Bonchev–Trinajstić information content (AvgIpc) is 2.82. The van der Waals surface area contributed by atoms with Crippen molar-refractivity contribution in [3.05, 3.63) is 53.8 Å². The van der Waals surface area contributed by atoms with Gasteiger partial charge in [-0.3, -0.25) is 4.79 Å². The summed E-state index contributed by atoms with van der Waals surface area (Å²) in [6.45, 7) is 4.87. The number of likely N-dealkylation sites (N-methyl/N-ethyl adjacent to an activating group) is 1. The molecule has 2 aromatic carbocycles. The van der Waals surface area contributed by atoms with Crippen molar-refractivity contribution >= 4 is 23.3 Å². The summed E-state index contributed by atoms with van der Waals surface area (Å²) in [6.07, 6.45) is -0.0930. The quantitative estimate of drug-likeness (QED) is 0.601. The molecule has 0 saturated carbocycles. The van der Waals surface area contributed by atoms with Gasteiger partial charge in [-0.05, 0) is 63.5 Å². The Labute approximate surface area is 199 Å². The number of rotatable bonds is 6. The van der Waals surface area contributed by atoms with E-state index in [1.165, 1.54) is 24.3 Å². The highest BCUT2D eigenvalue weighted by molar-refractivity contribution is 5.99. The highest BCUT2D eigenvalue weighted by atomic mass is 19.1. The van der Waals surface area contributed by atoms with Gasteiger partial charge in [-0.15, -0.1) is 0 Å². The van der Waals surface area contributed by atoms with E-state index in [-0.39, 0.29) is 42.8 Å². The van der Waals surface area contributed by atoms with E-state index in [4.69, 9.17) is 4.74 Å². The van der Waals surface area contributed by atoms with Gasteiger partial charge in [-0.25, -0.2) is 9.18 Å². The molecule has 3 atom stereocenters. The summed E-state index contributed by atoms with van der Waals surface area (Å²) in [5, 5.41) is 15.1. The van der Waals surface area contributed by atoms with Crippen LogP contribution in [-0.2, 0) is 11.2 Å². The smallest absolute Gasteiger partial charge is 0.323 e. The fourth-order valence-electron chi connectivity index (χ4n) is 3.91. The molecular weight excluding hydrogens is 439 g/mol. The van der Waals surface area contributed by atoms with Crippen LogP contribution in [-0.4, -0.2) is 72.8 Å². The fraction of sp³-hybridized carbons (Fsp3) is 0.440. The maximum atomic E-state index is 13.2. The molecule has 0 unspecified atom stereocenters. The first-order valence-electron chi connectivity index (χ1n) is 11.3. The zero-order valence-electron chi connectivity index (χ0n) is 20.0. The normalized spacial score (nSPS) is 19.4. The molecule has 0 aliphatic carbocycles. The molecular formula is C25H33FN4O4. The van der Waals surface area contributed by atoms with Gasteiger partial charge in [0, 0.05) is 35.9 Å². The molecule has 0 radical (unpaired) electrons. The van der Waals surface area contributed by atoms with Crippen molar-refractivity contribution in [2.24, 2.45) is 5.92 Å². The lowest BCUT2D eigenvalue weighted by Crippen LogP contribution is -2.47. The molecule has 3 amide bonds. The van der Waals surface area contributed by atoms with Gasteiger partial charge in [0.15, 0.2) is 0 Å². The van der Waals surface area contributed by atoms with Crippen LogP contribution < -0.4 is 15.4 Å². The number of aliphatic hydroxyl groups excluding tert-OH is 1. The molecule has 0 saturated heterocycles. The van der Waals surface area contributed by atoms with Crippen molar-refractivity contribution in [3.63, 3.8) is 0 Å². The number of urea groups is 1. The lowest BCUT2D eigenvalue weighted by atomic mass is 10.0. The number of carbonyl (C=O) groups is 2.